The molecule has 1 aliphatic rings. The van der Waals surface area contributed by atoms with E-state index in [0.29, 0.717) is 5.92 Å². The van der Waals surface area contributed by atoms with Crippen molar-refractivity contribution in [2.45, 2.75) is 130 Å². The molecule has 27 heavy (non-hydrogen) atoms. The zero-order valence-electron chi connectivity index (χ0n) is 19.9. The summed E-state index contributed by atoms with van der Waals surface area (Å²) in [6, 6.07) is 6.79. The lowest BCUT2D eigenvalue weighted by Crippen LogP contribution is -2.54. The molecular formula is C22H48O3Si2. The van der Waals surface area contributed by atoms with E-state index >= 15 is 0 Å². The average Bonchev–Trinajstić information content (AvgIpc) is 2.67. The minimum Gasteiger partial charge on any atom is -0.388 e. The number of hydrogen-bond donors (Lipinski definition) is 0. The summed E-state index contributed by atoms with van der Waals surface area (Å²) in [6.45, 7) is 20.8. The molecule has 1 fully saturated rings. The summed E-state index contributed by atoms with van der Waals surface area (Å²) >= 11 is 0. The Morgan fingerprint density at radius 2 is 1.30 bits per heavy atom. The van der Waals surface area contributed by atoms with Crippen molar-refractivity contribution in [1.29, 1.82) is 0 Å². The van der Waals surface area contributed by atoms with Crippen LogP contribution in [0.2, 0.25) is 36.3 Å². The molecule has 1 rings (SSSR count). The maximum atomic E-state index is 7.08. The Morgan fingerprint density at radius 1 is 0.815 bits per heavy atom. The second-order valence-electron chi connectivity index (χ2n) is 9.83. The lowest BCUT2D eigenvalue weighted by atomic mass is 9.70. The van der Waals surface area contributed by atoms with Crippen LogP contribution < -0.4 is 0 Å². The van der Waals surface area contributed by atoms with E-state index in [9.17, 15) is 0 Å². The molecule has 0 aromatic carbocycles. The van der Waals surface area contributed by atoms with Crippen LogP contribution in [-0.4, -0.2) is 22.4 Å². The third-order valence-corrected chi connectivity index (χ3v) is 16.5. The molecule has 5 heteroatoms. The van der Waals surface area contributed by atoms with Gasteiger partial charge in [0.25, 0.3) is 0 Å². The Bertz CT molecular complexity index is 411. The summed E-state index contributed by atoms with van der Waals surface area (Å²) in [6.07, 6.45) is 4.41. The van der Waals surface area contributed by atoms with E-state index in [1.807, 2.05) is 0 Å². The van der Waals surface area contributed by atoms with Gasteiger partial charge in [-0.3, -0.25) is 4.58 Å². The van der Waals surface area contributed by atoms with Gasteiger partial charge in [0.15, 0.2) is 14.1 Å². The Kier molecular flexibility index (Phi) is 9.74. The lowest BCUT2D eigenvalue weighted by Gasteiger charge is -2.49. The topological polar surface area (TPSA) is 27.7 Å². The molecule has 0 amide bonds. The van der Waals surface area contributed by atoms with Crippen molar-refractivity contribution in [2.75, 3.05) is 0 Å². The quantitative estimate of drug-likeness (QED) is 0.148. The van der Waals surface area contributed by atoms with E-state index in [2.05, 4.69) is 62.3 Å². The van der Waals surface area contributed by atoms with Gasteiger partial charge < -0.3 is 4.43 Å². The molecule has 2 atom stereocenters. The summed E-state index contributed by atoms with van der Waals surface area (Å²) < 4.78 is 13.5. The molecule has 3 nitrogen and oxygen atoms in total. The summed E-state index contributed by atoms with van der Waals surface area (Å²) in [5.41, 5.74) is 0.280. The number of hydrogen-bond acceptors (Lipinski definition) is 3. The van der Waals surface area contributed by atoms with Gasteiger partial charge in [-0.15, -0.1) is 0 Å². The lowest BCUT2D eigenvalue weighted by molar-refractivity contribution is -0.382. The van der Waals surface area contributed by atoms with E-state index in [0.717, 1.165) is 49.1 Å². The molecule has 0 aliphatic heterocycles. The molecule has 0 saturated heterocycles. The average molecular weight is 417 g/mol. The smallest absolute Gasteiger partial charge is 0.238 e. The molecule has 0 heterocycles. The highest BCUT2D eigenvalue weighted by molar-refractivity contribution is 6.74. The van der Waals surface area contributed by atoms with Gasteiger partial charge in [-0.1, -0.05) is 62.3 Å². The van der Waals surface area contributed by atoms with Gasteiger partial charge >= 0.3 is 0 Å². The first-order chi connectivity index (χ1) is 12.6. The maximum absolute atomic E-state index is 7.08. The molecule has 2 unspecified atom stereocenters. The second kappa shape index (κ2) is 10.4. The van der Waals surface area contributed by atoms with Gasteiger partial charge in [0.05, 0.1) is 0 Å². The van der Waals surface area contributed by atoms with Crippen LogP contribution in [0.4, 0.5) is 0 Å². The fourth-order valence-corrected chi connectivity index (χ4v) is 9.70. The van der Waals surface area contributed by atoms with Crippen molar-refractivity contribution in [3.8, 4) is 0 Å². The van der Waals surface area contributed by atoms with Crippen molar-refractivity contribution in [1.82, 2.24) is 0 Å². The van der Waals surface area contributed by atoms with Crippen molar-refractivity contribution in [3.05, 3.63) is 0 Å². The van der Waals surface area contributed by atoms with Crippen LogP contribution in [-0.2, 0) is 13.9 Å². The van der Waals surface area contributed by atoms with E-state index < -0.39 is 22.4 Å². The third-order valence-electron chi connectivity index (χ3n) is 7.53. The summed E-state index contributed by atoms with van der Waals surface area (Å²) in [5, 5.41) is 0. The highest BCUT2D eigenvalue weighted by Gasteiger charge is 2.49. The first-order valence-electron chi connectivity index (χ1n) is 11.7. The summed E-state index contributed by atoms with van der Waals surface area (Å²) in [4.78, 5) is 6.47. The van der Waals surface area contributed by atoms with Gasteiger partial charge in [-0.25, -0.2) is 4.89 Å². The molecule has 0 spiro atoms. The monoisotopic (exact) mass is 416 g/mol. The van der Waals surface area contributed by atoms with Crippen molar-refractivity contribution < 1.29 is 13.9 Å². The normalized spacial score (nSPS) is 25.0. The third kappa shape index (κ3) is 6.40. The van der Waals surface area contributed by atoms with Gasteiger partial charge in [-0.2, -0.15) is 0 Å². The minimum absolute atomic E-state index is 0.280. The minimum atomic E-state index is -1.81. The second-order valence-corrected chi connectivity index (χ2v) is 19.2. The molecule has 0 aromatic rings. The van der Waals surface area contributed by atoms with Crippen LogP contribution in [0.5, 0.6) is 0 Å². The van der Waals surface area contributed by atoms with Gasteiger partial charge in [0, 0.05) is 12.8 Å². The fourth-order valence-electron chi connectivity index (χ4n) is 4.57. The number of rotatable bonds is 11. The van der Waals surface area contributed by atoms with Crippen molar-refractivity contribution >= 4 is 16.6 Å². The zero-order chi connectivity index (χ0) is 20.8. The first-order valence-corrected chi connectivity index (χ1v) is 16.7. The largest absolute Gasteiger partial charge is 0.388 e. The fraction of sp³-hybridized carbons (Fsp3) is 1.00. The van der Waals surface area contributed by atoms with E-state index in [1.54, 1.807) is 0 Å². The molecule has 1 aliphatic carbocycles. The van der Waals surface area contributed by atoms with Gasteiger partial charge in [0.2, 0.25) is 8.32 Å². The summed E-state index contributed by atoms with van der Waals surface area (Å²) in [5.74, 6) is 0.0930. The van der Waals surface area contributed by atoms with Crippen LogP contribution in [0.1, 0.15) is 88.0 Å². The van der Waals surface area contributed by atoms with Crippen LogP contribution >= 0.6 is 0 Å². The molecule has 0 radical (unpaired) electrons. The molecule has 0 bridgehead atoms. The standard InChI is InChI=1S/C22H48O3Si2/c1-10-26(11-2,12-3)24-22(23-25-27(13-4,14-5)15-6)18-16-17-20(19-22)21(7,8)9/h20H,10-19H2,1-9H3. The SMILES string of the molecule is CC[Si](CC)(CC)OOC1(O[Si](CC)(CC)CC)CCCC(C(C)(C)C)C1. The molecular weight excluding hydrogens is 368 g/mol. The predicted molar refractivity (Wildman–Crippen MR) is 122 cm³/mol. The Morgan fingerprint density at radius 3 is 1.70 bits per heavy atom. The predicted octanol–water partition coefficient (Wildman–Crippen LogP) is 7.89. The zero-order valence-corrected chi connectivity index (χ0v) is 21.9. The van der Waals surface area contributed by atoms with Crippen LogP contribution in [0.3, 0.4) is 0 Å². The van der Waals surface area contributed by atoms with Gasteiger partial charge in [-0.05, 0) is 60.4 Å². The molecule has 0 N–H and O–H groups in total. The van der Waals surface area contributed by atoms with Crippen LogP contribution in [0.15, 0.2) is 0 Å². The Balaban J connectivity index is 3.15. The van der Waals surface area contributed by atoms with Crippen molar-refractivity contribution in [2.24, 2.45) is 11.3 Å². The molecule has 162 valence electrons. The summed E-state index contributed by atoms with van der Waals surface area (Å²) in [7, 11) is -3.59. The van der Waals surface area contributed by atoms with Gasteiger partial charge in [0.1, 0.15) is 0 Å². The maximum Gasteiger partial charge on any atom is 0.238 e. The van der Waals surface area contributed by atoms with Crippen LogP contribution in [0.25, 0.3) is 0 Å². The van der Waals surface area contributed by atoms with E-state index in [1.165, 1.54) is 12.8 Å². The molecule has 0 aromatic heterocycles. The first kappa shape index (κ1) is 25.4. The highest BCUT2D eigenvalue weighted by Crippen LogP contribution is 2.47. The Labute approximate surface area is 172 Å². The Hall–Kier alpha value is 0.314. The van der Waals surface area contributed by atoms with E-state index in [4.69, 9.17) is 13.9 Å². The van der Waals surface area contributed by atoms with Crippen molar-refractivity contribution in [3.63, 3.8) is 0 Å². The molecule has 1 saturated carbocycles. The van der Waals surface area contributed by atoms with E-state index in [-0.39, 0.29) is 5.41 Å². The highest BCUT2D eigenvalue weighted by atomic mass is 28.4. The van der Waals surface area contributed by atoms with Crippen LogP contribution in [0, 0.1) is 11.3 Å².